The lowest BCUT2D eigenvalue weighted by atomic mass is 9.92. The van der Waals surface area contributed by atoms with E-state index in [1.165, 1.54) is 0 Å². The van der Waals surface area contributed by atoms with Crippen LogP contribution in [0.3, 0.4) is 0 Å². The van der Waals surface area contributed by atoms with Crippen molar-refractivity contribution in [2.45, 2.75) is 32.7 Å². The van der Waals surface area contributed by atoms with Gasteiger partial charge < -0.3 is 15.4 Å². The Morgan fingerprint density at radius 1 is 1.52 bits per heavy atom. The number of nitrogens with one attached hydrogen (secondary N) is 2. The van der Waals surface area contributed by atoms with Gasteiger partial charge in [0.2, 0.25) is 5.91 Å². The van der Waals surface area contributed by atoms with Gasteiger partial charge >= 0.3 is 0 Å². The third kappa shape index (κ3) is 5.06. The number of carbonyl (C=O) groups excluding carboxylic acids is 1. The molecule has 2 rings (SSSR count). The zero-order valence-electron chi connectivity index (χ0n) is 12.3. The van der Waals surface area contributed by atoms with E-state index in [4.69, 9.17) is 16.3 Å². The van der Waals surface area contributed by atoms with Gasteiger partial charge in [-0.05, 0) is 45.4 Å². The Kier molecular flexibility index (Phi) is 7.29. The van der Waals surface area contributed by atoms with E-state index in [1.54, 1.807) is 18.2 Å². The summed E-state index contributed by atoms with van der Waals surface area (Å²) in [6.07, 6.45) is 1.73. The smallest absolute Gasteiger partial charge is 0.227 e. The van der Waals surface area contributed by atoms with Crippen LogP contribution in [0, 0.1) is 5.92 Å². The molecule has 0 aromatic heterocycles. The maximum Gasteiger partial charge on any atom is 0.227 e. The second kappa shape index (κ2) is 8.47. The summed E-state index contributed by atoms with van der Waals surface area (Å²) in [6.45, 7) is 5.43. The number of halogens is 2. The number of hydrogen-bond acceptors (Lipinski definition) is 3. The second-order valence-corrected chi connectivity index (χ2v) is 5.58. The fourth-order valence-electron chi connectivity index (χ4n) is 2.48. The summed E-state index contributed by atoms with van der Waals surface area (Å²) in [7, 11) is 0. The van der Waals surface area contributed by atoms with Gasteiger partial charge in [-0.25, -0.2) is 0 Å². The highest BCUT2D eigenvalue weighted by Crippen LogP contribution is 2.29. The highest BCUT2D eigenvalue weighted by Gasteiger charge is 2.25. The van der Waals surface area contributed by atoms with Gasteiger partial charge in [0.15, 0.2) is 0 Å². The summed E-state index contributed by atoms with van der Waals surface area (Å²) in [6, 6.07) is 5.66. The molecule has 118 valence electrons. The van der Waals surface area contributed by atoms with Gasteiger partial charge in [-0.15, -0.1) is 12.4 Å². The van der Waals surface area contributed by atoms with Gasteiger partial charge in [0.05, 0.1) is 12.3 Å². The zero-order chi connectivity index (χ0) is 14.5. The maximum atomic E-state index is 12.3. The minimum atomic E-state index is 0. The highest BCUT2D eigenvalue weighted by molar-refractivity contribution is 6.30. The third-order valence-corrected chi connectivity index (χ3v) is 3.73. The molecule has 1 aliphatic heterocycles. The summed E-state index contributed by atoms with van der Waals surface area (Å²) >= 11 is 5.96. The molecule has 1 aromatic rings. The minimum absolute atomic E-state index is 0. The highest BCUT2D eigenvalue weighted by atomic mass is 35.5. The predicted molar refractivity (Wildman–Crippen MR) is 88.7 cm³/mol. The zero-order valence-corrected chi connectivity index (χ0v) is 13.9. The lowest BCUT2D eigenvalue weighted by molar-refractivity contribution is -0.120. The molecule has 0 radical (unpaired) electrons. The fraction of sp³-hybridized carbons (Fsp3) is 0.533. The van der Waals surface area contributed by atoms with Crippen molar-refractivity contribution in [2.24, 2.45) is 5.92 Å². The molecule has 0 spiro atoms. The van der Waals surface area contributed by atoms with Crippen LogP contribution in [0.5, 0.6) is 5.75 Å². The summed E-state index contributed by atoms with van der Waals surface area (Å²) in [5.74, 6) is 0.730. The molecule has 1 aromatic carbocycles. The number of ether oxygens (including phenoxy) is 1. The lowest BCUT2D eigenvalue weighted by Crippen LogP contribution is -2.40. The van der Waals surface area contributed by atoms with E-state index >= 15 is 0 Å². The van der Waals surface area contributed by atoms with Crippen LogP contribution < -0.4 is 15.4 Å². The van der Waals surface area contributed by atoms with Gasteiger partial charge in [0.25, 0.3) is 0 Å². The molecule has 1 saturated heterocycles. The van der Waals surface area contributed by atoms with E-state index < -0.39 is 0 Å². The molecule has 0 bridgehead atoms. The molecule has 2 atom stereocenters. The van der Waals surface area contributed by atoms with Crippen molar-refractivity contribution in [3.8, 4) is 5.75 Å². The fourth-order valence-corrected chi connectivity index (χ4v) is 2.64. The molecule has 0 saturated carbocycles. The minimum Gasteiger partial charge on any atom is -0.492 e. The second-order valence-electron chi connectivity index (χ2n) is 5.14. The monoisotopic (exact) mass is 332 g/mol. The van der Waals surface area contributed by atoms with Crippen molar-refractivity contribution in [3.63, 3.8) is 0 Å². The van der Waals surface area contributed by atoms with Gasteiger partial charge in [0, 0.05) is 23.0 Å². The van der Waals surface area contributed by atoms with E-state index in [2.05, 4.69) is 17.6 Å². The normalized spacial score (nSPS) is 21.3. The van der Waals surface area contributed by atoms with Crippen molar-refractivity contribution in [1.29, 1.82) is 0 Å². The summed E-state index contributed by atoms with van der Waals surface area (Å²) < 4.78 is 5.52. The Morgan fingerprint density at radius 3 is 2.95 bits per heavy atom. The number of anilines is 1. The van der Waals surface area contributed by atoms with Crippen molar-refractivity contribution in [2.75, 3.05) is 18.5 Å². The molecule has 0 unspecified atom stereocenters. The van der Waals surface area contributed by atoms with Crippen LogP contribution in [-0.4, -0.2) is 25.1 Å². The first-order chi connectivity index (χ1) is 9.60. The third-order valence-electron chi connectivity index (χ3n) is 3.50. The Hall–Kier alpha value is -0.970. The van der Waals surface area contributed by atoms with Gasteiger partial charge in [-0.3, -0.25) is 4.79 Å². The molecule has 1 fully saturated rings. The largest absolute Gasteiger partial charge is 0.492 e. The Morgan fingerprint density at radius 2 is 2.29 bits per heavy atom. The topological polar surface area (TPSA) is 50.4 Å². The number of amides is 1. The van der Waals surface area contributed by atoms with Gasteiger partial charge in [0.1, 0.15) is 5.75 Å². The first-order valence-electron chi connectivity index (χ1n) is 7.06. The number of hydrogen-bond donors (Lipinski definition) is 2. The van der Waals surface area contributed by atoms with Gasteiger partial charge in [-0.2, -0.15) is 0 Å². The van der Waals surface area contributed by atoms with Gasteiger partial charge in [-0.1, -0.05) is 11.6 Å². The Balaban J connectivity index is 0.00000220. The molecule has 1 amide bonds. The quantitative estimate of drug-likeness (QED) is 0.887. The maximum absolute atomic E-state index is 12.3. The van der Waals surface area contributed by atoms with Crippen molar-refractivity contribution < 1.29 is 9.53 Å². The Labute approximate surface area is 137 Å². The molecule has 1 aliphatic rings. The van der Waals surface area contributed by atoms with Crippen molar-refractivity contribution in [3.05, 3.63) is 23.2 Å². The Bertz CT molecular complexity index is 483. The first-order valence-corrected chi connectivity index (χ1v) is 7.44. The summed E-state index contributed by atoms with van der Waals surface area (Å²) in [5.41, 5.74) is 0.687. The molecular weight excluding hydrogens is 311 g/mol. The summed E-state index contributed by atoms with van der Waals surface area (Å²) in [4.78, 5) is 12.3. The molecule has 21 heavy (non-hydrogen) atoms. The van der Waals surface area contributed by atoms with Crippen LogP contribution in [-0.2, 0) is 4.79 Å². The average molecular weight is 333 g/mol. The molecule has 6 heteroatoms. The van der Waals surface area contributed by atoms with Crippen molar-refractivity contribution >= 4 is 35.6 Å². The predicted octanol–water partition coefficient (Wildman–Crippen LogP) is 3.49. The van der Waals surface area contributed by atoms with E-state index in [9.17, 15) is 4.79 Å². The number of rotatable bonds is 4. The number of piperidine rings is 1. The van der Waals surface area contributed by atoms with Crippen LogP contribution in [0.2, 0.25) is 5.02 Å². The standard InChI is InChI=1S/C15H21ClN2O2.ClH/c1-3-20-14-9-12(16)4-5-13(14)18-15(19)11-6-7-17-10(2)8-11;/h4-5,9-11,17H,3,6-8H2,1-2H3,(H,18,19);1H/t10-,11-;/m0./s1. The molecule has 2 N–H and O–H groups in total. The SMILES string of the molecule is CCOc1cc(Cl)ccc1NC(=O)[C@H]1CCN[C@@H](C)C1.Cl. The average Bonchev–Trinajstić information content (AvgIpc) is 2.42. The summed E-state index contributed by atoms with van der Waals surface area (Å²) in [5, 5.41) is 6.91. The number of benzene rings is 1. The van der Waals surface area contributed by atoms with Crippen LogP contribution in [0.1, 0.15) is 26.7 Å². The van der Waals surface area contributed by atoms with Crippen molar-refractivity contribution in [1.82, 2.24) is 5.32 Å². The molecule has 4 nitrogen and oxygen atoms in total. The van der Waals surface area contributed by atoms with Crippen LogP contribution >= 0.6 is 24.0 Å². The van der Waals surface area contributed by atoms with E-state index in [0.717, 1.165) is 19.4 Å². The number of carbonyl (C=O) groups is 1. The molecule has 1 heterocycles. The lowest BCUT2D eigenvalue weighted by Gasteiger charge is -2.27. The van der Waals surface area contributed by atoms with E-state index in [-0.39, 0.29) is 24.2 Å². The van der Waals surface area contributed by atoms with Crippen LogP contribution in [0.25, 0.3) is 0 Å². The first kappa shape index (κ1) is 18.1. The van der Waals surface area contributed by atoms with Crippen LogP contribution in [0.15, 0.2) is 18.2 Å². The molecular formula is C15H22Cl2N2O2. The van der Waals surface area contributed by atoms with E-state index in [0.29, 0.717) is 29.1 Å². The van der Waals surface area contributed by atoms with Crippen LogP contribution in [0.4, 0.5) is 5.69 Å². The molecule has 0 aliphatic carbocycles. The van der Waals surface area contributed by atoms with E-state index in [1.807, 2.05) is 6.92 Å².